The fourth-order valence-corrected chi connectivity index (χ4v) is 3.04. The van der Waals surface area contributed by atoms with Gasteiger partial charge in [0.15, 0.2) is 0 Å². The zero-order valence-corrected chi connectivity index (χ0v) is 9.19. The topological polar surface area (TPSA) is 52.5 Å². The van der Waals surface area contributed by atoms with Crippen LogP contribution < -0.4 is 5.32 Å². The highest BCUT2D eigenvalue weighted by Crippen LogP contribution is 2.36. The summed E-state index contributed by atoms with van der Waals surface area (Å²) in [5.41, 5.74) is 2.24. The molecule has 3 unspecified atom stereocenters. The largest absolute Gasteiger partial charge is 0.508 e. The van der Waals surface area contributed by atoms with E-state index in [4.69, 9.17) is 0 Å². The van der Waals surface area contributed by atoms with Gasteiger partial charge >= 0.3 is 0 Å². The third kappa shape index (κ3) is 1.51. The Morgan fingerprint density at radius 1 is 1.31 bits per heavy atom. The van der Waals surface area contributed by atoms with E-state index in [0.717, 1.165) is 37.0 Å². The molecule has 3 nitrogen and oxygen atoms in total. The third-order valence-corrected chi connectivity index (χ3v) is 3.82. The van der Waals surface area contributed by atoms with Crippen molar-refractivity contribution >= 4 is 0 Å². The molecular weight excluding hydrogens is 202 g/mol. The van der Waals surface area contributed by atoms with Gasteiger partial charge in [-0.05, 0) is 42.6 Å². The minimum atomic E-state index is -0.334. The molecule has 0 saturated heterocycles. The second-order valence-electron chi connectivity index (χ2n) is 4.85. The van der Waals surface area contributed by atoms with Crippen LogP contribution in [0.3, 0.4) is 0 Å². The van der Waals surface area contributed by atoms with Gasteiger partial charge in [-0.3, -0.25) is 0 Å². The highest BCUT2D eigenvalue weighted by Gasteiger charge is 2.34. The Balaban J connectivity index is 2.06. The smallest absolute Gasteiger partial charge is 0.115 e. The van der Waals surface area contributed by atoms with Crippen LogP contribution in [-0.2, 0) is 0 Å². The first-order valence-corrected chi connectivity index (χ1v) is 6.00. The van der Waals surface area contributed by atoms with Gasteiger partial charge in [-0.25, -0.2) is 0 Å². The van der Waals surface area contributed by atoms with Crippen LogP contribution in [0.5, 0.6) is 0 Å². The second-order valence-corrected chi connectivity index (χ2v) is 4.85. The van der Waals surface area contributed by atoms with Crippen molar-refractivity contribution < 1.29 is 10.2 Å². The van der Waals surface area contributed by atoms with Crippen molar-refractivity contribution in [1.82, 2.24) is 5.32 Å². The van der Waals surface area contributed by atoms with Gasteiger partial charge in [0.05, 0.1) is 6.10 Å². The molecule has 0 spiro atoms. The Bertz CT molecular complexity index is 395. The van der Waals surface area contributed by atoms with Gasteiger partial charge in [-0.2, -0.15) is 0 Å². The Morgan fingerprint density at radius 3 is 3.06 bits per heavy atom. The summed E-state index contributed by atoms with van der Waals surface area (Å²) in [6, 6.07) is 0.311. The molecule has 16 heavy (non-hydrogen) atoms. The van der Waals surface area contributed by atoms with Gasteiger partial charge in [0, 0.05) is 18.5 Å². The standard InChI is InChI=1S/C13H17NO2/c15-9-5-4-8-7-14-11-2-1-3-12(16)13(11)10(8)6-9/h4-6,8,11-12,14-16H,1-3,7H2. The van der Waals surface area contributed by atoms with Gasteiger partial charge in [-0.1, -0.05) is 6.08 Å². The molecule has 2 aliphatic carbocycles. The number of aliphatic hydroxyl groups is 2. The fourth-order valence-electron chi connectivity index (χ4n) is 3.04. The predicted molar refractivity (Wildman–Crippen MR) is 62.0 cm³/mol. The van der Waals surface area contributed by atoms with Gasteiger partial charge < -0.3 is 15.5 Å². The quantitative estimate of drug-likeness (QED) is 0.577. The SMILES string of the molecule is OC1=CC2=C3C(O)CCCC3NCC2C=C1. The Hall–Kier alpha value is -1.06. The second kappa shape index (κ2) is 3.75. The van der Waals surface area contributed by atoms with E-state index in [1.165, 1.54) is 0 Å². The van der Waals surface area contributed by atoms with Crippen LogP contribution in [0.1, 0.15) is 19.3 Å². The molecule has 0 radical (unpaired) electrons. The van der Waals surface area contributed by atoms with Crippen molar-refractivity contribution in [2.45, 2.75) is 31.4 Å². The average Bonchev–Trinajstić information content (AvgIpc) is 2.28. The molecule has 3 N–H and O–H groups in total. The first-order valence-electron chi connectivity index (χ1n) is 6.00. The summed E-state index contributed by atoms with van der Waals surface area (Å²) in [6.07, 6.45) is 8.27. The summed E-state index contributed by atoms with van der Waals surface area (Å²) in [5, 5.41) is 23.1. The number of nitrogens with one attached hydrogen (secondary N) is 1. The van der Waals surface area contributed by atoms with E-state index < -0.39 is 0 Å². The molecule has 3 atom stereocenters. The van der Waals surface area contributed by atoms with E-state index in [-0.39, 0.29) is 6.10 Å². The number of hydrogen-bond donors (Lipinski definition) is 3. The van der Waals surface area contributed by atoms with Crippen molar-refractivity contribution in [3.05, 3.63) is 35.1 Å². The van der Waals surface area contributed by atoms with Gasteiger partial charge in [-0.15, -0.1) is 0 Å². The number of rotatable bonds is 0. The maximum absolute atomic E-state index is 10.1. The lowest BCUT2D eigenvalue weighted by atomic mass is 9.76. The van der Waals surface area contributed by atoms with Crippen LogP contribution in [0.15, 0.2) is 35.1 Å². The lowest BCUT2D eigenvalue weighted by molar-refractivity contribution is 0.159. The van der Waals surface area contributed by atoms with Crippen LogP contribution in [0.4, 0.5) is 0 Å². The Labute approximate surface area is 95.2 Å². The lowest BCUT2D eigenvalue weighted by Crippen LogP contribution is -2.46. The van der Waals surface area contributed by atoms with E-state index in [2.05, 4.69) is 5.32 Å². The van der Waals surface area contributed by atoms with E-state index >= 15 is 0 Å². The lowest BCUT2D eigenvalue weighted by Gasteiger charge is -2.39. The normalized spacial score (nSPS) is 37.8. The molecule has 0 aromatic heterocycles. The van der Waals surface area contributed by atoms with Crippen LogP contribution in [-0.4, -0.2) is 28.9 Å². The van der Waals surface area contributed by atoms with Crippen LogP contribution in [0.25, 0.3) is 0 Å². The van der Waals surface area contributed by atoms with Crippen molar-refractivity contribution in [2.75, 3.05) is 6.54 Å². The predicted octanol–water partition coefficient (Wildman–Crippen LogP) is 1.43. The van der Waals surface area contributed by atoms with Crippen molar-refractivity contribution in [3.8, 4) is 0 Å². The van der Waals surface area contributed by atoms with Gasteiger partial charge in [0.2, 0.25) is 0 Å². The Morgan fingerprint density at radius 2 is 2.19 bits per heavy atom. The molecule has 0 aromatic carbocycles. The van der Waals surface area contributed by atoms with Gasteiger partial charge in [0.25, 0.3) is 0 Å². The minimum absolute atomic E-state index is 0.303. The van der Waals surface area contributed by atoms with Crippen LogP contribution in [0.2, 0.25) is 0 Å². The van der Waals surface area contributed by atoms with Crippen molar-refractivity contribution in [3.63, 3.8) is 0 Å². The monoisotopic (exact) mass is 219 g/mol. The summed E-state index contributed by atoms with van der Waals surface area (Å²) in [7, 11) is 0. The maximum atomic E-state index is 10.1. The summed E-state index contributed by atoms with van der Waals surface area (Å²) >= 11 is 0. The summed E-state index contributed by atoms with van der Waals surface area (Å²) in [6.45, 7) is 0.913. The summed E-state index contributed by atoms with van der Waals surface area (Å²) in [5.74, 6) is 0.618. The van der Waals surface area contributed by atoms with Crippen LogP contribution in [0, 0.1) is 5.92 Å². The average molecular weight is 219 g/mol. The highest BCUT2D eigenvalue weighted by atomic mass is 16.3. The Kier molecular flexibility index (Phi) is 2.37. The van der Waals surface area contributed by atoms with Crippen molar-refractivity contribution in [2.24, 2.45) is 5.92 Å². The zero-order chi connectivity index (χ0) is 11.1. The van der Waals surface area contributed by atoms with Gasteiger partial charge in [0.1, 0.15) is 5.76 Å². The molecule has 0 bridgehead atoms. The molecule has 86 valence electrons. The van der Waals surface area contributed by atoms with Crippen molar-refractivity contribution in [1.29, 1.82) is 0 Å². The van der Waals surface area contributed by atoms with E-state index in [1.807, 2.05) is 12.2 Å². The molecule has 0 amide bonds. The number of allylic oxidation sites excluding steroid dienone is 2. The third-order valence-electron chi connectivity index (χ3n) is 3.82. The first kappa shape index (κ1) is 10.1. The minimum Gasteiger partial charge on any atom is -0.508 e. The maximum Gasteiger partial charge on any atom is 0.115 e. The van der Waals surface area contributed by atoms with E-state index in [9.17, 15) is 10.2 Å². The number of hydrogen-bond acceptors (Lipinski definition) is 3. The zero-order valence-electron chi connectivity index (χ0n) is 9.19. The van der Waals surface area contributed by atoms with E-state index in [0.29, 0.717) is 17.7 Å². The molecule has 0 aromatic rings. The molecule has 3 rings (SSSR count). The number of fused-ring (bicyclic) bond motifs is 2. The molecule has 1 aliphatic heterocycles. The molecule has 1 fully saturated rings. The molecule has 1 heterocycles. The first-order chi connectivity index (χ1) is 7.75. The molecule has 3 heteroatoms. The highest BCUT2D eigenvalue weighted by molar-refractivity contribution is 5.44. The summed E-state index contributed by atoms with van der Waals surface area (Å²) < 4.78 is 0. The fraction of sp³-hybridized carbons (Fsp3) is 0.538. The molecular formula is C13H17NO2. The van der Waals surface area contributed by atoms with E-state index in [1.54, 1.807) is 6.08 Å². The number of aliphatic hydroxyl groups excluding tert-OH is 2. The molecule has 1 saturated carbocycles. The molecule has 3 aliphatic rings. The summed E-state index contributed by atoms with van der Waals surface area (Å²) in [4.78, 5) is 0. The van der Waals surface area contributed by atoms with Crippen LogP contribution >= 0.6 is 0 Å².